The van der Waals surface area contributed by atoms with Gasteiger partial charge in [-0.05, 0) is 19.1 Å². The Morgan fingerprint density at radius 1 is 1.47 bits per heavy atom. The molecule has 1 heterocycles. The molecule has 0 aliphatic rings. The molecule has 2 N–H and O–H groups in total. The van der Waals surface area contributed by atoms with Gasteiger partial charge < -0.3 is 15.0 Å². The minimum Gasteiger partial charge on any atom is -0.487 e. The Kier molecular flexibility index (Phi) is 3.66. The molecule has 0 saturated carbocycles. The summed E-state index contributed by atoms with van der Waals surface area (Å²) < 4.78 is 10.6. The van der Waals surface area contributed by atoms with E-state index in [0.29, 0.717) is 23.9 Å². The summed E-state index contributed by atoms with van der Waals surface area (Å²) in [5.74, 6) is 1.44. The van der Waals surface area contributed by atoms with Crippen LogP contribution in [0.1, 0.15) is 17.0 Å². The van der Waals surface area contributed by atoms with Crippen LogP contribution in [-0.4, -0.2) is 5.16 Å². The van der Waals surface area contributed by atoms with Crippen LogP contribution in [0.3, 0.4) is 0 Å². The predicted octanol–water partition coefficient (Wildman–Crippen LogP) is 2.67. The maximum atomic E-state index is 6.02. The number of nitrogens with zero attached hydrogens (tertiary/aromatic N) is 1. The molecule has 5 heteroatoms. The van der Waals surface area contributed by atoms with E-state index in [4.69, 9.17) is 26.6 Å². The Hall–Kier alpha value is -1.52. The highest BCUT2D eigenvalue weighted by Crippen LogP contribution is 2.26. The Morgan fingerprint density at radius 2 is 2.29 bits per heavy atom. The van der Waals surface area contributed by atoms with E-state index in [2.05, 4.69) is 5.16 Å². The largest absolute Gasteiger partial charge is 0.487 e. The molecule has 1 aromatic carbocycles. The van der Waals surface area contributed by atoms with E-state index in [9.17, 15) is 0 Å². The van der Waals surface area contributed by atoms with Gasteiger partial charge in [-0.3, -0.25) is 0 Å². The monoisotopic (exact) mass is 252 g/mol. The highest BCUT2D eigenvalue weighted by molar-refractivity contribution is 6.31. The fourth-order valence-corrected chi connectivity index (χ4v) is 1.75. The highest BCUT2D eigenvalue weighted by Gasteiger charge is 2.08. The van der Waals surface area contributed by atoms with Crippen molar-refractivity contribution in [2.75, 3.05) is 0 Å². The molecule has 0 amide bonds. The zero-order valence-corrected chi connectivity index (χ0v) is 10.2. The summed E-state index contributed by atoms with van der Waals surface area (Å²) in [6, 6.07) is 7.27. The molecule has 0 fully saturated rings. The van der Waals surface area contributed by atoms with Gasteiger partial charge in [0.25, 0.3) is 0 Å². The van der Waals surface area contributed by atoms with Crippen LogP contribution in [0.15, 0.2) is 28.8 Å². The van der Waals surface area contributed by atoms with Gasteiger partial charge in [-0.25, -0.2) is 0 Å². The fourth-order valence-electron chi connectivity index (χ4n) is 1.51. The van der Waals surface area contributed by atoms with Gasteiger partial charge in [0.05, 0.1) is 0 Å². The smallest absolute Gasteiger partial charge is 0.134 e. The summed E-state index contributed by atoms with van der Waals surface area (Å²) in [4.78, 5) is 0. The quantitative estimate of drug-likeness (QED) is 0.909. The minimum atomic E-state index is 0.338. The average molecular weight is 253 g/mol. The summed E-state index contributed by atoms with van der Waals surface area (Å²) in [5.41, 5.74) is 7.17. The molecule has 0 saturated heterocycles. The number of ether oxygens (including phenoxy) is 1. The fraction of sp³-hybridized carbons (Fsp3) is 0.250. The van der Waals surface area contributed by atoms with Crippen LogP contribution < -0.4 is 10.5 Å². The Balaban J connectivity index is 2.11. The second-order valence-electron chi connectivity index (χ2n) is 3.64. The molecule has 17 heavy (non-hydrogen) atoms. The van der Waals surface area contributed by atoms with Crippen LogP contribution >= 0.6 is 11.6 Å². The molecule has 0 aliphatic carbocycles. The molecule has 4 nitrogen and oxygen atoms in total. The van der Waals surface area contributed by atoms with E-state index in [1.165, 1.54) is 0 Å². The summed E-state index contributed by atoms with van der Waals surface area (Å²) in [6.07, 6.45) is 0. The average Bonchev–Trinajstić information content (AvgIpc) is 2.72. The van der Waals surface area contributed by atoms with Crippen molar-refractivity contribution in [3.05, 3.63) is 46.3 Å². The van der Waals surface area contributed by atoms with Gasteiger partial charge in [0, 0.05) is 23.2 Å². The third kappa shape index (κ3) is 2.78. The van der Waals surface area contributed by atoms with Gasteiger partial charge in [-0.2, -0.15) is 0 Å². The molecule has 0 bridgehead atoms. The van der Waals surface area contributed by atoms with Crippen molar-refractivity contribution in [3.63, 3.8) is 0 Å². The minimum absolute atomic E-state index is 0.338. The van der Waals surface area contributed by atoms with Crippen molar-refractivity contribution in [1.29, 1.82) is 0 Å². The van der Waals surface area contributed by atoms with Crippen LogP contribution in [0.4, 0.5) is 0 Å². The van der Waals surface area contributed by atoms with Gasteiger partial charge in [0.2, 0.25) is 0 Å². The van der Waals surface area contributed by atoms with E-state index >= 15 is 0 Å². The molecule has 90 valence electrons. The first-order chi connectivity index (χ1) is 8.20. The summed E-state index contributed by atoms with van der Waals surface area (Å²) >= 11 is 6.02. The predicted molar refractivity (Wildman–Crippen MR) is 64.9 cm³/mol. The maximum absolute atomic E-state index is 6.02. The number of hydrogen-bond acceptors (Lipinski definition) is 4. The topological polar surface area (TPSA) is 61.3 Å². The third-order valence-electron chi connectivity index (χ3n) is 2.33. The van der Waals surface area contributed by atoms with E-state index in [1.807, 2.05) is 25.1 Å². The maximum Gasteiger partial charge on any atom is 0.134 e. The van der Waals surface area contributed by atoms with Crippen LogP contribution in [0.25, 0.3) is 0 Å². The van der Waals surface area contributed by atoms with Gasteiger partial charge in [0.15, 0.2) is 0 Å². The Labute approximate surface area is 104 Å². The van der Waals surface area contributed by atoms with Crippen molar-refractivity contribution >= 4 is 11.6 Å². The lowest BCUT2D eigenvalue weighted by atomic mass is 10.2. The number of aryl methyl sites for hydroxylation is 1. The van der Waals surface area contributed by atoms with Gasteiger partial charge >= 0.3 is 0 Å². The van der Waals surface area contributed by atoms with Crippen molar-refractivity contribution in [3.8, 4) is 5.75 Å². The number of halogens is 1. The number of rotatable bonds is 4. The first-order valence-electron chi connectivity index (χ1n) is 5.23. The van der Waals surface area contributed by atoms with Crippen LogP contribution in [-0.2, 0) is 13.2 Å². The van der Waals surface area contributed by atoms with Gasteiger partial charge in [-0.15, -0.1) is 0 Å². The SMILES string of the molecule is Cc1cc(COc2cccc(Cl)c2CN)no1. The van der Waals surface area contributed by atoms with E-state index in [-0.39, 0.29) is 0 Å². The molecular weight excluding hydrogens is 240 g/mol. The third-order valence-corrected chi connectivity index (χ3v) is 2.69. The zero-order chi connectivity index (χ0) is 12.3. The molecule has 0 atom stereocenters. The first-order valence-corrected chi connectivity index (χ1v) is 5.61. The number of hydrogen-bond donors (Lipinski definition) is 1. The van der Waals surface area contributed by atoms with Crippen LogP contribution in [0, 0.1) is 6.92 Å². The Morgan fingerprint density at radius 3 is 2.94 bits per heavy atom. The second-order valence-corrected chi connectivity index (χ2v) is 4.05. The molecular formula is C12H13ClN2O2. The summed E-state index contributed by atoms with van der Waals surface area (Å²) in [5, 5.41) is 4.46. The highest BCUT2D eigenvalue weighted by atomic mass is 35.5. The molecule has 1 aromatic heterocycles. The van der Waals surface area contributed by atoms with Crippen molar-refractivity contribution < 1.29 is 9.26 Å². The zero-order valence-electron chi connectivity index (χ0n) is 9.44. The lowest BCUT2D eigenvalue weighted by Gasteiger charge is -2.10. The van der Waals surface area contributed by atoms with E-state index in [0.717, 1.165) is 17.0 Å². The standard InChI is InChI=1S/C12H13ClN2O2/c1-8-5-9(15-17-8)7-16-12-4-2-3-11(13)10(12)6-14/h2-5H,6-7,14H2,1H3. The van der Waals surface area contributed by atoms with Gasteiger partial charge in [0.1, 0.15) is 23.8 Å². The molecule has 2 rings (SSSR count). The normalized spacial score (nSPS) is 10.5. The lowest BCUT2D eigenvalue weighted by Crippen LogP contribution is -2.03. The summed E-state index contributed by atoms with van der Waals surface area (Å²) in [7, 11) is 0. The second kappa shape index (κ2) is 5.21. The Bertz CT molecular complexity index is 511. The first kappa shape index (κ1) is 12.0. The van der Waals surface area contributed by atoms with Gasteiger partial charge in [-0.1, -0.05) is 22.8 Å². The summed E-state index contributed by atoms with van der Waals surface area (Å²) in [6.45, 7) is 2.51. The van der Waals surface area contributed by atoms with Crippen molar-refractivity contribution in [2.45, 2.75) is 20.1 Å². The number of nitrogens with two attached hydrogens (primary N) is 1. The molecule has 0 aliphatic heterocycles. The number of benzene rings is 1. The lowest BCUT2D eigenvalue weighted by molar-refractivity contribution is 0.285. The number of aromatic nitrogens is 1. The van der Waals surface area contributed by atoms with Crippen LogP contribution in [0.2, 0.25) is 5.02 Å². The molecule has 0 radical (unpaired) electrons. The van der Waals surface area contributed by atoms with E-state index < -0.39 is 0 Å². The molecule has 2 aromatic rings. The van der Waals surface area contributed by atoms with Crippen molar-refractivity contribution in [2.24, 2.45) is 5.73 Å². The molecule has 0 unspecified atom stereocenters. The van der Waals surface area contributed by atoms with E-state index in [1.54, 1.807) is 6.07 Å². The molecule has 0 spiro atoms. The van der Waals surface area contributed by atoms with Crippen LogP contribution in [0.5, 0.6) is 5.75 Å². The van der Waals surface area contributed by atoms with Crippen molar-refractivity contribution in [1.82, 2.24) is 5.16 Å².